The molecule has 1 saturated carbocycles. The molecule has 2 N–H and O–H groups in total. The molecule has 0 spiro atoms. The van der Waals surface area contributed by atoms with Crippen LogP contribution in [0.4, 0.5) is 22.0 Å². The second kappa shape index (κ2) is 9.04. The molecule has 1 aliphatic carbocycles. The lowest BCUT2D eigenvalue weighted by Gasteiger charge is -2.28. The highest BCUT2D eigenvalue weighted by Gasteiger charge is 2.40. The van der Waals surface area contributed by atoms with Gasteiger partial charge in [-0.3, -0.25) is 4.79 Å². The summed E-state index contributed by atoms with van der Waals surface area (Å²) in [5.74, 6) is -3.48. The van der Waals surface area contributed by atoms with E-state index in [4.69, 9.17) is 0 Å². The molecular formula is C23H28F5N3O2. The number of aryl methyl sites for hydroxylation is 1. The van der Waals surface area contributed by atoms with Gasteiger partial charge in [-0.2, -0.15) is 13.2 Å². The molecule has 0 saturated heterocycles. The molecule has 0 aromatic carbocycles. The topological polar surface area (TPSA) is 66.6 Å². The SMILES string of the molecule is Cc1cc(/C=C/C(=O)NCC(C)(C)O)cc2nc(C(F)(F)F)c(CC3CCC(F)(F)CC3)n12. The number of alkyl halides is 5. The lowest BCUT2D eigenvalue weighted by molar-refractivity contribution is -0.141. The lowest BCUT2D eigenvalue weighted by Crippen LogP contribution is -2.37. The Hall–Kier alpha value is -2.49. The fraction of sp³-hybridized carbons (Fsp3) is 0.565. The number of aromatic nitrogens is 2. The zero-order chi connectivity index (χ0) is 24.6. The van der Waals surface area contributed by atoms with Crippen molar-refractivity contribution in [2.24, 2.45) is 5.92 Å². The van der Waals surface area contributed by atoms with Gasteiger partial charge in [-0.25, -0.2) is 13.8 Å². The molecule has 5 nitrogen and oxygen atoms in total. The molecule has 2 aromatic rings. The summed E-state index contributed by atoms with van der Waals surface area (Å²) in [5.41, 5.74) is -1.05. The number of halogens is 5. The maximum Gasteiger partial charge on any atom is 0.435 e. The molecule has 0 atom stereocenters. The summed E-state index contributed by atoms with van der Waals surface area (Å²) in [6.07, 6.45) is -2.29. The van der Waals surface area contributed by atoms with Crippen LogP contribution in [0.5, 0.6) is 0 Å². The first-order chi connectivity index (χ1) is 15.1. The molecule has 1 aliphatic rings. The van der Waals surface area contributed by atoms with E-state index < -0.39 is 29.3 Å². The third-order valence-corrected chi connectivity index (χ3v) is 5.73. The molecular weight excluding hydrogens is 445 g/mol. The van der Waals surface area contributed by atoms with Crippen molar-refractivity contribution in [3.8, 4) is 0 Å². The third-order valence-electron chi connectivity index (χ3n) is 5.73. The van der Waals surface area contributed by atoms with Gasteiger partial charge in [-0.05, 0) is 69.7 Å². The lowest BCUT2D eigenvalue weighted by atomic mass is 9.83. The van der Waals surface area contributed by atoms with Crippen LogP contribution in [0.3, 0.4) is 0 Å². The van der Waals surface area contributed by atoms with Crippen LogP contribution >= 0.6 is 0 Å². The van der Waals surface area contributed by atoms with E-state index in [9.17, 15) is 31.9 Å². The fourth-order valence-corrected chi connectivity index (χ4v) is 4.08. The Balaban J connectivity index is 1.89. The number of rotatable bonds is 6. The van der Waals surface area contributed by atoms with Crippen LogP contribution in [0.2, 0.25) is 0 Å². The first-order valence-electron chi connectivity index (χ1n) is 10.8. The summed E-state index contributed by atoms with van der Waals surface area (Å²) in [5, 5.41) is 12.2. The van der Waals surface area contributed by atoms with Crippen LogP contribution in [-0.2, 0) is 17.4 Å². The Morgan fingerprint density at radius 2 is 1.91 bits per heavy atom. The van der Waals surface area contributed by atoms with E-state index in [-0.39, 0.29) is 55.9 Å². The van der Waals surface area contributed by atoms with Gasteiger partial charge in [0, 0.05) is 31.2 Å². The van der Waals surface area contributed by atoms with E-state index in [1.54, 1.807) is 26.8 Å². The number of hydrogen-bond donors (Lipinski definition) is 2. The molecule has 33 heavy (non-hydrogen) atoms. The molecule has 10 heteroatoms. The molecule has 2 aromatic heterocycles. The average molecular weight is 473 g/mol. The normalized spacial score (nSPS) is 17.7. The highest BCUT2D eigenvalue weighted by atomic mass is 19.4. The molecule has 1 fully saturated rings. The van der Waals surface area contributed by atoms with Gasteiger partial charge >= 0.3 is 6.18 Å². The van der Waals surface area contributed by atoms with Crippen molar-refractivity contribution in [1.29, 1.82) is 0 Å². The van der Waals surface area contributed by atoms with Gasteiger partial charge in [0.1, 0.15) is 5.65 Å². The number of nitrogens with one attached hydrogen (secondary N) is 1. The second-order valence-corrected chi connectivity index (χ2v) is 9.40. The van der Waals surface area contributed by atoms with Crippen molar-refractivity contribution in [3.05, 3.63) is 40.9 Å². The summed E-state index contributed by atoms with van der Waals surface area (Å²) < 4.78 is 69.6. The predicted molar refractivity (Wildman–Crippen MR) is 114 cm³/mol. The minimum atomic E-state index is -4.68. The van der Waals surface area contributed by atoms with Crippen molar-refractivity contribution in [2.75, 3.05) is 6.54 Å². The minimum absolute atomic E-state index is 0.0153. The standard InChI is InChI=1S/C23H28F5N3O2/c1-14-10-16(4-5-19(32)29-13-21(2,3)33)12-18-30-20(23(26,27)28)17(31(14)18)11-15-6-8-22(24,25)9-7-15/h4-5,10,12,15,33H,6-9,11,13H2,1-3H3,(H,29,32)/b5-4+. The maximum absolute atomic E-state index is 13.7. The number of carbonyl (C=O) groups is 1. The molecule has 0 aliphatic heterocycles. The summed E-state index contributed by atoms with van der Waals surface area (Å²) in [4.78, 5) is 15.8. The smallest absolute Gasteiger partial charge is 0.389 e. The average Bonchev–Trinajstić information content (AvgIpc) is 3.05. The van der Waals surface area contributed by atoms with Crippen molar-refractivity contribution in [2.45, 2.75) is 70.6 Å². The molecule has 0 unspecified atom stereocenters. The number of fused-ring (bicyclic) bond motifs is 1. The first kappa shape index (κ1) is 25.1. The van der Waals surface area contributed by atoms with E-state index >= 15 is 0 Å². The molecule has 182 valence electrons. The highest BCUT2D eigenvalue weighted by Crippen LogP contribution is 2.40. The molecule has 0 radical (unpaired) electrons. The van der Waals surface area contributed by atoms with Gasteiger partial charge in [0.05, 0.1) is 11.3 Å². The van der Waals surface area contributed by atoms with Crippen molar-refractivity contribution >= 4 is 17.6 Å². The van der Waals surface area contributed by atoms with Crippen molar-refractivity contribution in [1.82, 2.24) is 14.7 Å². The fourth-order valence-electron chi connectivity index (χ4n) is 4.08. The van der Waals surface area contributed by atoms with Gasteiger partial charge in [0.2, 0.25) is 11.8 Å². The number of pyridine rings is 1. The third kappa shape index (κ3) is 6.52. The van der Waals surface area contributed by atoms with Gasteiger partial charge in [0.25, 0.3) is 0 Å². The number of amides is 1. The van der Waals surface area contributed by atoms with Crippen LogP contribution in [0.25, 0.3) is 11.7 Å². The van der Waals surface area contributed by atoms with Crippen LogP contribution in [-0.4, -0.2) is 38.5 Å². The number of imidazole rings is 1. The number of aliphatic hydroxyl groups is 1. The Morgan fingerprint density at radius 1 is 1.27 bits per heavy atom. The van der Waals surface area contributed by atoms with E-state index in [1.807, 2.05) is 0 Å². The van der Waals surface area contributed by atoms with E-state index in [1.165, 1.54) is 22.6 Å². The maximum atomic E-state index is 13.7. The highest BCUT2D eigenvalue weighted by molar-refractivity contribution is 5.91. The van der Waals surface area contributed by atoms with Gasteiger partial charge in [0.15, 0.2) is 5.69 Å². The quantitative estimate of drug-likeness (QED) is 0.462. The van der Waals surface area contributed by atoms with Crippen LogP contribution in [0.1, 0.15) is 62.2 Å². The Morgan fingerprint density at radius 3 is 2.48 bits per heavy atom. The van der Waals surface area contributed by atoms with E-state index in [0.29, 0.717) is 11.3 Å². The molecule has 0 bridgehead atoms. The van der Waals surface area contributed by atoms with Gasteiger partial charge in [-0.15, -0.1) is 0 Å². The van der Waals surface area contributed by atoms with E-state index in [2.05, 4.69) is 10.3 Å². The Labute approximate surface area is 188 Å². The molecule has 2 heterocycles. The predicted octanol–water partition coefficient (Wildman–Crippen LogP) is 4.93. The van der Waals surface area contributed by atoms with Crippen LogP contribution < -0.4 is 5.32 Å². The summed E-state index contributed by atoms with van der Waals surface area (Å²) in [6, 6.07) is 3.08. The van der Waals surface area contributed by atoms with Crippen molar-refractivity contribution in [3.63, 3.8) is 0 Å². The first-order valence-corrected chi connectivity index (χ1v) is 10.8. The monoisotopic (exact) mass is 473 g/mol. The zero-order valence-corrected chi connectivity index (χ0v) is 18.8. The Bertz CT molecular complexity index is 1040. The molecule has 1 amide bonds. The number of hydrogen-bond acceptors (Lipinski definition) is 3. The number of carbonyl (C=O) groups excluding carboxylic acids is 1. The zero-order valence-electron chi connectivity index (χ0n) is 18.8. The van der Waals surface area contributed by atoms with Crippen LogP contribution in [0.15, 0.2) is 18.2 Å². The van der Waals surface area contributed by atoms with Crippen molar-refractivity contribution < 1.29 is 31.9 Å². The summed E-state index contributed by atoms with van der Waals surface area (Å²) in [6.45, 7) is 4.77. The van der Waals surface area contributed by atoms with Gasteiger partial charge in [-0.1, -0.05) is 0 Å². The summed E-state index contributed by atoms with van der Waals surface area (Å²) in [7, 11) is 0. The molecule has 3 rings (SSSR count). The van der Waals surface area contributed by atoms with Crippen LogP contribution in [0, 0.1) is 12.8 Å². The van der Waals surface area contributed by atoms with E-state index in [0.717, 1.165) is 0 Å². The second-order valence-electron chi connectivity index (χ2n) is 9.40. The number of nitrogens with zero attached hydrogens (tertiary/aromatic N) is 2. The summed E-state index contributed by atoms with van der Waals surface area (Å²) >= 11 is 0. The largest absolute Gasteiger partial charge is 0.435 e. The minimum Gasteiger partial charge on any atom is -0.389 e. The Kier molecular flexibility index (Phi) is 6.89. The van der Waals surface area contributed by atoms with Gasteiger partial charge < -0.3 is 14.8 Å².